The third kappa shape index (κ3) is 4.91. The Kier molecular flexibility index (Phi) is 6.71. The van der Waals surface area contributed by atoms with Crippen molar-refractivity contribution in [2.45, 2.75) is 45.3 Å². The predicted molar refractivity (Wildman–Crippen MR) is 126 cm³/mol. The van der Waals surface area contributed by atoms with Crippen LogP contribution >= 0.6 is 27.5 Å². The van der Waals surface area contributed by atoms with Crippen LogP contribution in [-0.4, -0.2) is 33.4 Å². The number of carboxylic acids is 1. The number of aliphatic carboxylic acids is 1. The molecular formula is C23H23BrClN3O4. The van der Waals surface area contributed by atoms with Crippen LogP contribution in [0.3, 0.4) is 0 Å². The summed E-state index contributed by atoms with van der Waals surface area (Å²) in [6.07, 6.45) is 2.12. The summed E-state index contributed by atoms with van der Waals surface area (Å²) in [5, 5.41) is 17.3. The van der Waals surface area contributed by atoms with Gasteiger partial charge in [0, 0.05) is 17.3 Å². The van der Waals surface area contributed by atoms with Crippen LogP contribution in [0.1, 0.15) is 33.1 Å². The molecule has 0 saturated heterocycles. The number of nitrogens with zero attached hydrogens (tertiary/aromatic N) is 2. The molecule has 0 radical (unpaired) electrons. The standard InChI is InChI=1S/C23H23BrClN3O4/c1-12(2)31-19-9-7-13(11-17(19)25)21-27-22(32-28-21)16-4-3-5-18(20(16)24)26-15-8-6-14(10-15)23(29)30/h3-5,7,9,11-12,14-15,26H,6,8,10H2,1-2H3,(H,29,30)/t14-,15+/m1/s1. The van der Waals surface area contributed by atoms with Gasteiger partial charge in [0.1, 0.15) is 5.75 Å². The maximum atomic E-state index is 11.2. The minimum Gasteiger partial charge on any atom is -0.489 e. The number of hydrogen-bond acceptors (Lipinski definition) is 6. The van der Waals surface area contributed by atoms with Crippen LogP contribution in [-0.2, 0) is 4.79 Å². The van der Waals surface area contributed by atoms with Gasteiger partial charge in [0.2, 0.25) is 5.82 Å². The largest absolute Gasteiger partial charge is 0.489 e. The first-order valence-electron chi connectivity index (χ1n) is 10.4. The van der Waals surface area contributed by atoms with Gasteiger partial charge in [-0.2, -0.15) is 4.98 Å². The summed E-state index contributed by atoms with van der Waals surface area (Å²) in [6, 6.07) is 11.2. The monoisotopic (exact) mass is 519 g/mol. The Morgan fingerprint density at radius 3 is 2.81 bits per heavy atom. The van der Waals surface area contributed by atoms with E-state index in [0.717, 1.165) is 27.7 Å². The molecule has 32 heavy (non-hydrogen) atoms. The number of hydrogen-bond donors (Lipinski definition) is 2. The van der Waals surface area contributed by atoms with E-state index in [4.69, 9.17) is 20.9 Å². The van der Waals surface area contributed by atoms with E-state index in [9.17, 15) is 9.90 Å². The number of carbonyl (C=O) groups is 1. The van der Waals surface area contributed by atoms with Crippen molar-refractivity contribution in [3.8, 4) is 28.6 Å². The number of rotatable bonds is 7. The molecular weight excluding hydrogens is 498 g/mol. The summed E-state index contributed by atoms with van der Waals surface area (Å²) in [7, 11) is 0. The highest BCUT2D eigenvalue weighted by atomic mass is 79.9. The van der Waals surface area contributed by atoms with Crippen molar-refractivity contribution in [1.82, 2.24) is 10.1 Å². The van der Waals surface area contributed by atoms with Gasteiger partial charge in [-0.3, -0.25) is 4.79 Å². The first-order valence-corrected chi connectivity index (χ1v) is 11.6. The van der Waals surface area contributed by atoms with Crippen molar-refractivity contribution in [2.24, 2.45) is 5.92 Å². The Balaban J connectivity index is 1.54. The van der Waals surface area contributed by atoms with Crippen LogP contribution in [0.15, 0.2) is 45.4 Å². The highest BCUT2D eigenvalue weighted by molar-refractivity contribution is 9.10. The van der Waals surface area contributed by atoms with Gasteiger partial charge in [0.25, 0.3) is 5.89 Å². The fourth-order valence-corrected chi connectivity index (χ4v) is 4.58. The molecule has 1 aliphatic carbocycles. The molecule has 1 heterocycles. The maximum Gasteiger partial charge on any atom is 0.306 e. The number of aromatic nitrogens is 2. The van der Waals surface area contributed by atoms with Crippen LogP contribution in [0.4, 0.5) is 5.69 Å². The van der Waals surface area contributed by atoms with Crippen LogP contribution in [0.25, 0.3) is 22.8 Å². The van der Waals surface area contributed by atoms with Gasteiger partial charge in [0.15, 0.2) is 0 Å². The van der Waals surface area contributed by atoms with E-state index >= 15 is 0 Å². The second kappa shape index (κ2) is 9.50. The lowest BCUT2D eigenvalue weighted by Crippen LogP contribution is -2.18. The molecule has 7 nitrogen and oxygen atoms in total. The summed E-state index contributed by atoms with van der Waals surface area (Å²) in [6.45, 7) is 3.88. The average Bonchev–Trinajstić information content (AvgIpc) is 3.41. The van der Waals surface area contributed by atoms with Gasteiger partial charge in [-0.05, 0) is 79.4 Å². The normalized spacial score (nSPS) is 18.2. The van der Waals surface area contributed by atoms with Gasteiger partial charge in [-0.15, -0.1) is 0 Å². The SMILES string of the molecule is CC(C)Oc1ccc(-c2noc(-c3cccc(N[C@H]4CC[C@@H](C(=O)O)C4)c3Br)n2)cc1Cl. The van der Waals surface area contributed by atoms with E-state index in [0.29, 0.717) is 35.3 Å². The quantitative estimate of drug-likeness (QED) is 0.379. The van der Waals surface area contributed by atoms with E-state index in [1.54, 1.807) is 12.1 Å². The van der Waals surface area contributed by atoms with E-state index in [1.165, 1.54) is 0 Å². The molecule has 0 bridgehead atoms. The molecule has 1 aromatic heterocycles. The lowest BCUT2D eigenvalue weighted by atomic mass is 10.1. The molecule has 1 fully saturated rings. The fraction of sp³-hybridized carbons (Fsp3) is 0.348. The van der Waals surface area contributed by atoms with Crippen molar-refractivity contribution in [1.29, 1.82) is 0 Å². The maximum absolute atomic E-state index is 11.2. The van der Waals surface area contributed by atoms with Crippen LogP contribution < -0.4 is 10.1 Å². The van der Waals surface area contributed by atoms with Crippen molar-refractivity contribution < 1.29 is 19.2 Å². The lowest BCUT2D eigenvalue weighted by molar-refractivity contribution is -0.141. The molecule has 2 N–H and O–H groups in total. The molecule has 2 atom stereocenters. The fourth-order valence-electron chi connectivity index (χ4n) is 3.81. The third-order valence-electron chi connectivity index (χ3n) is 5.35. The second-order valence-corrected chi connectivity index (χ2v) is 9.29. The van der Waals surface area contributed by atoms with E-state index in [-0.39, 0.29) is 18.1 Å². The Morgan fingerprint density at radius 1 is 1.31 bits per heavy atom. The highest BCUT2D eigenvalue weighted by Gasteiger charge is 2.30. The molecule has 1 saturated carbocycles. The molecule has 3 aromatic rings. The molecule has 9 heteroatoms. The van der Waals surface area contributed by atoms with Gasteiger partial charge in [-0.25, -0.2) is 0 Å². The van der Waals surface area contributed by atoms with Crippen molar-refractivity contribution in [2.75, 3.05) is 5.32 Å². The number of anilines is 1. The summed E-state index contributed by atoms with van der Waals surface area (Å²) in [4.78, 5) is 15.8. The van der Waals surface area contributed by atoms with Gasteiger partial charge >= 0.3 is 5.97 Å². The first kappa shape index (κ1) is 22.6. The Morgan fingerprint density at radius 2 is 2.12 bits per heavy atom. The number of nitrogens with one attached hydrogen (secondary N) is 1. The zero-order chi connectivity index (χ0) is 22.8. The van der Waals surface area contributed by atoms with Crippen LogP contribution in [0.2, 0.25) is 5.02 Å². The summed E-state index contributed by atoms with van der Waals surface area (Å²) in [5.41, 5.74) is 2.32. The zero-order valence-electron chi connectivity index (χ0n) is 17.6. The molecule has 0 amide bonds. The molecule has 0 unspecified atom stereocenters. The molecule has 4 rings (SSSR count). The van der Waals surface area contributed by atoms with Gasteiger partial charge in [-0.1, -0.05) is 22.8 Å². The molecule has 0 aliphatic heterocycles. The van der Waals surface area contributed by atoms with Gasteiger partial charge < -0.3 is 19.7 Å². The number of halogens is 2. The lowest BCUT2D eigenvalue weighted by Gasteiger charge is -2.16. The third-order valence-corrected chi connectivity index (χ3v) is 6.50. The Bertz CT molecular complexity index is 1130. The Labute approximate surface area is 199 Å². The topological polar surface area (TPSA) is 97.5 Å². The molecule has 1 aliphatic rings. The van der Waals surface area contributed by atoms with Crippen LogP contribution in [0.5, 0.6) is 5.75 Å². The molecule has 0 spiro atoms. The molecule has 168 valence electrons. The minimum absolute atomic E-state index is 0.0209. The van der Waals surface area contributed by atoms with E-state index < -0.39 is 5.97 Å². The number of carboxylic acid groups (broad SMARTS) is 1. The smallest absolute Gasteiger partial charge is 0.306 e. The van der Waals surface area contributed by atoms with Gasteiger partial charge in [0.05, 0.1) is 27.1 Å². The van der Waals surface area contributed by atoms with Crippen molar-refractivity contribution >= 4 is 39.2 Å². The van der Waals surface area contributed by atoms with E-state index in [2.05, 4.69) is 31.4 Å². The summed E-state index contributed by atoms with van der Waals surface area (Å²) in [5.74, 6) is 0.363. The second-order valence-electron chi connectivity index (χ2n) is 8.09. The van der Waals surface area contributed by atoms with Crippen molar-refractivity contribution in [3.63, 3.8) is 0 Å². The molecule has 2 aromatic carbocycles. The minimum atomic E-state index is -0.732. The number of benzene rings is 2. The predicted octanol–water partition coefficient (Wildman–Crippen LogP) is 6.27. The Hall–Kier alpha value is -2.58. The first-order chi connectivity index (χ1) is 15.3. The van der Waals surface area contributed by atoms with Crippen molar-refractivity contribution in [3.05, 3.63) is 45.9 Å². The van der Waals surface area contributed by atoms with Crippen LogP contribution in [0, 0.1) is 5.92 Å². The highest BCUT2D eigenvalue weighted by Crippen LogP contribution is 2.37. The summed E-state index contributed by atoms with van der Waals surface area (Å²) >= 11 is 9.97. The number of ether oxygens (including phenoxy) is 1. The van der Waals surface area contributed by atoms with E-state index in [1.807, 2.05) is 38.1 Å². The zero-order valence-corrected chi connectivity index (χ0v) is 20.0. The average molecular weight is 521 g/mol. The summed E-state index contributed by atoms with van der Waals surface area (Å²) < 4.78 is 12.0.